The summed E-state index contributed by atoms with van der Waals surface area (Å²) in [6, 6.07) is 19.3. The molecule has 0 bridgehead atoms. The molecule has 1 amide bonds. The van der Waals surface area contributed by atoms with Gasteiger partial charge in [-0.15, -0.1) is 0 Å². The van der Waals surface area contributed by atoms with E-state index in [0.717, 1.165) is 15.6 Å². The lowest BCUT2D eigenvalue weighted by atomic mass is 9.87. The smallest absolute Gasteiger partial charge is 0.300 e. The summed E-state index contributed by atoms with van der Waals surface area (Å²) in [5.74, 6) is -1.13. The average molecular weight is 534 g/mol. The zero-order valence-electron chi connectivity index (χ0n) is 20.4. The normalized spacial score (nSPS) is 17.7. The second kappa shape index (κ2) is 9.34. The van der Waals surface area contributed by atoms with E-state index >= 15 is 0 Å². The van der Waals surface area contributed by atoms with Crippen LogP contribution in [0.2, 0.25) is 0 Å². The van der Waals surface area contributed by atoms with E-state index in [1.54, 1.807) is 25.3 Å². The van der Waals surface area contributed by atoms with Crippen LogP contribution in [-0.4, -0.2) is 23.9 Å². The fourth-order valence-corrected chi connectivity index (χ4v) is 4.60. The maximum Gasteiger partial charge on any atom is 0.300 e. The molecule has 0 radical (unpaired) electrons. The van der Waals surface area contributed by atoms with Gasteiger partial charge in [0.15, 0.2) is 0 Å². The van der Waals surface area contributed by atoms with Crippen LogP contribution in [0, 0.1) is 6.92 Å². The highest BCUT2D eigenvalue weighted by atomic mass is 79.9. The Morgan fingerprint density at radius 1 is 1.00 bits per heavy atom. The quantitative estimate of drug-likeness (QED) is 0.230. The van der Waals surface area contributed by atoms with E-state index in [4.69, 9.17) is 4.74 Å². The molecule has 0 aromatic heterocycles. The maximum atomic E-state index is 13.4. The van der Waals surface area contributed by atoms with Crippen molar-refractivity contribution < 1.29 is 19.4 Å². The van der Waals surface area contributed by atoms with Gasteiger partial charge in [-0.05, 0) is 53.8 Å². The van der Waals surface area contributed by atoms with Gasteiger partial charge in [0, 0.05) is 21.3 Å². The van der Waals surface area contributed by atoms with Gasteiger partial charge in [0.25, 0.3) is 11.7 Å². The highest BCUT2D eigenvalue weighted by Gasteiger charge is 2.48. The first-order valence-electron chi connectivity index (χ1n) is 11.4. The topological polar surface area (TPSA) is 66.8 Å². The lowest BCUT2D eigenvalue weighted by Crippen LogP contribution is -2.29. The number of aryl methyl sites for hydroxylation is 1. The Morgan fingerprint density at radius 3 is 2.26 bits per heavy atom. The molecule has 4 rings (SSSR count). The molecule has 3 aromatic rings. The Labute approximate surface area is 214 Å². The molecule has 1 fully saturated rings. The number of ketones is 1. The number of benzene rings is 3. The lowest BCUT2D eigenvalue weighted by molar-refractivity contribution is -0.132. The third kappa shape index (κ3) is 4.50. The van der Waals surface area contributed by atoms with Gasteiger partial charge in [0.05, 0.1) is 18.7 Å². The van der Waals surface area contributed by atoms with Gasteiger partial charge in [-0.25, -0.2) is 0 Å². The summed E-state index contributed by atoms with van der Waals surface area (Å²) in [7, 11) is 1.54. The van der Waals surface area contributed by atoms with Crippen molar-refractivity contribution >= 4 is 39.1 Å². The average Bonchev–Trinajstić information content (AvgIpc) is 3.10. The Morgan fingerprint density at radius 2 is 1.66 bits per heavy atom. The first kappa shape index (κ1) is 24.7. The molecule has 3 aromatic carbocycles. The molecule has 1 unspecified atom stereocenters. The number of aliphatic hydroxyl groups is 1. The zero-order chi connectivity index (χ0) is 25.5. The van der Waals surface area contributed by atoms with E-state index in [-0.39, 0.29) is 16.7 Å². The largest absolute Gasteiger partial charge is 0.507 e. The van der Waals surface area contributed by atoms with E-state index in [1.165, 1.54) is 4.90 Å². The molecule has 1 aliphatic rings. The number of carbonyl (C=O) groups is 2. The molecule has 0 aliphatic carbocycles. The Balaban J connectivity index is 1.95. The minimum absolute atomic E-state index is 0.0288. The molecule has 35 heavy (non-hydrogen) atoms. The van der Waals surface area contributed by atoms with Crippen molar-refractivity contribution in [3.05, 3.63) is 99.0 Å². The number of halogens is 1. The number of hydrogen-bond donors (Lipinski definition) is 1. The fraction of sp³-hybridized carbons (Fsp3) is 0.241. The predicted molar refractivity (Wildman–Crippen MR) is 142 cm³/mol. The van der Waals surface area contributed by atoms with E-state index in [9.17, 15) is 14.7 Å². The highest BCUT2D eigenvalue weighted by molar-refractivity contribution is 9.10. The minimum Gasteiger partial charge on any atom is -0.507 e. The third-order valence-electron chi connectivity index (χ3n) is 6.32. The van der Waals surface area contributed by atoms with Gasteiger partial charge >= 0.3 is 0 Å². The predicted octanol–water partition coefficient (Wildman–Crippen LogP) is 6.69. The van der Waals surface area contributed by atoms with Crippen LogP contribution in [0.1, 0.15) is 49.1 Å². The first-order chi connectivity index (χ1) is 16.5. The van der Waals surface area contributed by atoms with Crippen molar-refractivity contribution in [2.75, 3.05) is 12.0 Å². The number of aliphatic hydroxyl groups excluding tert-OH is 1. The number of rotatable bonds is 4. The summed E-state index contributed by atoms with van der Waals surface area (Å²) in [5.41, 5.74) is 3.63. The number of methoxy groups -OCH3 is 1. The van der Waals surface area contributed by atoms with Crippen LogP contribution in [0.15, 0.2) is 76.8 Å². The van der Waals surface area contributed by atoms with Crippen LogP contribution < -0.4 is 9.64 Å². The minimum atomic E-state index is -0.851. The molecular weight excluding hydrogens is 506 g/mol. The zero-order valence-corrected chi connectivity index (χ0v) is 22.0. The summed E-state index contributed by atoms with van der Waals surface area (Å²) in [5, 5.41) is 11.4. The first-order valence-corrected chi connectivity index (χ1v) is 12.1. The van der Waals surface area contributed by atoms with Crippen LogP contribution in [-0.2, 0) is 15.0 Å². The molecule has 1 saturated heterocycles. The number of anilines is 1. The fourth-order valence-electron chi connectivity index (χ4n) is 4.35. The van der Waals surface area contributed by atoms with E-state index in [2.05, 4.69) is 36.7 Å². The SMILES string of the molecule is COc1ccccc1C1/C(=C(\O)c2ccc(Br)c(C)c2)C(=O)C(=O)N1c1ccc(C(C)(C)C)cc1. The van der Waals surface area contributed by atoms with E-state index in [0.29, 0.717) is 22.6 Å². The summed E-state index contributed by atoms with van der Waals surface area (Å²) in [6.45, 7) is 8.24. The monoisotopic (exact) mass is 533 g/mol. The molecule has 0 saturated carbocycles. The Hall–Kier alpha value is -3.38. The number of hydrogen-bond acceptors (Lipinski definition) is 4. The van der Waals surface area contributed by atoms with E-state index < -0.39 is 17.7 Å². The molecule has 1 atom stereocenters. The number of amides is 1. The molecule has 1 aliphatic heterocycles. The molecular formula is C29H28BrNO4. The van der Waals surface area contributed by atoms with Gasteiger partial charge in [0.1, 0.15) is 11.5 Å². The number of Topliss-reactive ketones (excluding diaryl/α,β-unsaturated/α-hetero) is 1. The van der Waals surface area contributed by atoms with Gasteiger partial charge in [-0.1, -0.05) is 73.1 Å². The number of carbonyl (C=O) groups excluding carboxylic acids is 2. The molecule has 1 N–H and O–H groups in total. The van der Waals surface area contributed by atoms with Crippen molar-refractivity contribution in [3.8, 4) is 5.75 Å². The van der Waals surface area contributed by atoms with Gasteiger partial charge in [0.2, 0.25) is 0 Å². The van der Waals surface area contributed by atoms with Crippen molar-refractivity contribution in [1.82, 2.24) is 0 Å². The number of nitrogens with zero attached hydrogens (tertiary/aromatic N) is 1. The van der Waals surface area contributed by atoms with Crippen LogP contribution in [0.25, 0.3) is 5.76 Å². The van der Waals surface area contributed by atoms with Crippen molar-refractivity contribution in [2.24, 2.45) is 0 Å². The number of ether oxygens (including phenoxy) is 1. The Kier molecular flexibility index (Phi) is 6.60. The van der Waals surface area contributed by atoms with Crippen LogP contribution in [0.5, 0.6) is 5.75 Å². The molecule has 6 heteroatoms. The molecule has 5 nitrogen and oxygen atoms in total. The number of para-hydroxylation sites is 1. The molecule has 1 heterocycles. The summed E-state index contributed by atoms with van der Waals surface area (Å²) in [4.78, 5) is 28.3. The highest BCUT2D eigenvalue weighted by Crippen LogP contribution is 2.45. The standard InChI is InChI=1S/C29H28BrNO4/c1-17-16-18(10-15-22(17)30)26(32)24-25(21-8-6-7-9-23(21)35-5)31(28(34)27(24)33)20-13-11-19(12-14-20)29(2,3)4/h6-16,25,32H,1-5H3/b26-24+. The molecule has 0 spiro atoms. The Bertz CT molecular complexity index is 1340. The van der Waals surface area contributed by atoms with Crippen molar-refractivity contribution in [2.45, 2.75) is 39.2 Å². The third-order valence-corrected chi connectivity index (χ3v) is 7.21. The second-order valence-electron chi connectivity index (χ2n) is 9.67. The van der Waals surface area contributed by atoms with E-state index in [1.807, 2.05) is 55.5 Å². The van der Waals surface area contributed by atoms with Gasteiger partial charge in [-0.2, -0.15) is 0 Å². The lowest BCUT2D eigenvalue weighted by Gasteiger charge is -2.27. The second-order valence-corrected chi connectivity index (χ2v) is 10.5. The van der Waals surface area contributed by atoms with Crippen LogP contribution in [0.4, 0.5) is 5.69 Å². The van der Waals surface area contributed by atoms with Crippen LogP contribution >= 0.6 is 15.9 Å². The van der Waals surface area contributed by atoms with Gasteiger partial charge < -0.3 is 9.84 Å². The van der Waals surface area contributed by atoms with Crippen LogP contribution in [0.3, 0.4) is 0 Å². The summed E-state index contributed by atoms with van der Waals surface area (Å²) < 4.78 is 6.47. The van der Waals surface area contributed by atoms with Crippen molar-refractivity contribution in [3.63, 3.8) is 0 Å². The maximum absolute atomic E-state index is 13.4. The van der Waals surface area contributed by atoms with Crippen molar-refractivity contribution in [1.29, 1.82) is 0 Å². The molecule has 180 valence electrons. The summed E-state index contributed by atoms with van der Waals surface area (Å²) in [6.07, 6.45) is 0. The summed E-state index contributed by atoms with van der Waals surface area (Å²) >= 11 is 3.47. The van der Waals surface area contributed by atoms with Gasteiger partial charge in [-0.3, -0.25) is 14.5 Å².